The van der Waals surface area contributed by atoms with E-state index >= 15 is 0 Å². The highest BCUT2D eigenvalue weighted by Crippen LogP contribution is 2.36. The minimum atomic E-state index is -2.89. The summed E-state index contributed by atoms with van der Waals surface area (Å²) in [7, 11) is 0. The Hall–Kier alpha value is -1.47. The molecule has 0 atom stereocenters. The van der Waals surface area contributed by atoms with Crippen LogP contribution in [0.25, 0.3) is 10.8 Å². The first-order chi connectivity index (χ1) is 8.41. The van der Waals surface area contributed by atoms with E-state index in [1.807, 2.05) is 18.2 Å². The van der Waals surface area contributed by atoms with Crippen molar-refractivity contribution in [3.05, 3.63) is 45.9 Å². The Morgan fingerprint density at radius 2 is 1.94 bits per heavy atom. The molecule has 92 valence electrons. The first-order valence-corrected chi connectivity index (χ1v) is 6.18. The molecular formula is C14H10BrF2N. The van der Waals surface area contributed by atoms with Gasteiger partial charge in [0, 0.05) is 17.0 Å². The third-order valence-corrected chi connectivity index (χ3v) is 3.40. The van der Waals surface area contributed by atoms with Crippen LogP contribution in [0.1, 0.15) is 18.1 Å². The van der Waals surface area contributed by atoms with Gasteiger partial charge in [0.1, 0.15) is 0 Å². The van der Waals surface area contributed by atoms with Gasteiger partial charge in [-0.05, 0) is 28.5 Å². The Bertz CT molecular complexity index is 639. The molecular weight excluding hydrogens is 300 g/mol. The topological polar surface area (TPSA) is 23.8 Å². The Balaban J connectivity index is 2.64. The van der Waals surface area contributed by atoms with Crippen LogP contribution in [0, 0.1) is 11.3 Å². The molecule has 0 heterocycles. The fraction of sp³-hybridized carbons (Fsp3) is 0.214. The maximum absolute atomic E-state index is 13.4. The molecule has 2 rings (SSSR count). The lowest BCUT2D eigenvalue weighted by molar-refractivity contribution is 0.0168. The van der Waals surface area contributed by atoms with Gasteiger partial charge in [-0.1, -0.05) is 34.1 Å². The lowest BCUT2D eigenvalue weighted by Gasteiger charge is -2.14. The predicted molar refractivity (Wildman–Crippen MR) is 70.5 cm³/mol. The zero-order valence-electron chi connectivity index (χ0n) is 9.67. The van der Waals surface area contributed by atoms with Crippen molar-refractivity contribution in [3.8, 4) is 6.07 Å². The molecule has 0 aliphatic heterocycles. The number of hydrogen-bond acceptors (Lipinski definition) is 1. The molecule has 0 N–H and O–H groups in total. The van der Waals surface area contributed by atoms with Crippen LogP contribution in [0.4, 0.5) is 8.78 Å². The molecule has 18 heavy (non-hydrogen) atoms. The van der Waals surface area contributed by atoms with Crippen LogP contribution >= 0.6 is 15.9 Å². The minimum Gasteiger partial charge on any atom is -0.202 e. The van der Waals surface area contributed by atoms with Gasteiger partial charge in [-0.2, -0.15) is 5.26 Å². The summed E-state index contributed by atoms with van der Waals surface area (Å²) in [6.07, 6.45) is 0.282. The second-order valence-electron chi connectivity index (χ2n) is 4.24. The molecule has 1 nitrogen and oxygen atoms in total. The van der Waals surface area contributed by atoms with Gasteiger partial charge >= 0.3 is 0 Å². The van der Waals surface area contributed by atoms with Crippen molar-refractivity contribution in [1.82, 2.24) is 0 Å². The molecule has 0 aliphatic rings. The largest absolute Gasteiger partial charge is 0.271 e. The Morgan fingerprint density at radius 1 is 1.22 bits per heavy atom. The quantitative estimate of drug-likeness (QED) is 0.783. The fourth-order valence-electron chi connectivity index (χ4n) is 1.86. The number of alkyl halides is 2. The standard InChI is InChI=1S/C14H10BrF2N/c1-14(16,17)12-7-11-6-9(4-5-18)2-3-10(11)8-13(12)15/h2-3,6-8H,4H2,1H3. The van der Waals surface area contributed by atoms with E-state index in [1.54, 1.807) is 12.1 Å². The summed E-state index contributed by atoms with van der Waals surface area (Å²) in [5, 5.41) is 10.2. The van der Waals surface area contributed by atoms with E-state index in [-0.39, 0.29) is 12.0 Å². The van der Waals surface area contributed by atoms with E-state index in [4.69, 9.17) is 5.26 Å². The summed E-state index contributed by atoms with van der Waals surface area (Å²) in [6, 6.07) is 10.6. The van der Waals surface area contributed by atoms with E-state index < -0.39 is 5.92 Å². The van der Waals surface area contributed by atoms with Gasteiger partial charge in [0.05, 0.1) is 12.5 Å². The van der Waals surface area contributed by atoms with Crippen LogP contribution in [0.2, 0.25) is 0 Å². The first-order valence-electron chi connectivity index (χ1n) is 5.39. The molecule has 2 aromatic carbocycles. The number of nitriles is 1. The van der Waals surface area contributed by atoms with Gasteiger partial charge in [-0.3, -0.25) is 0 Å². The minimum absolute atomic E-state index is 0.0379. The van der Waals surface area contributed by atoms with Gasteiger partial charge in [0.2, 0.25) is 0 Å². The average molecular weight is 310 g/mol. The van der Waals surface area contributed by atoms with E-state index in [0.717, 1.165) is 23.3 Å². The third kappa shape index (κ3) is 2.51. The van der Waals surface area contributed by atoms with Gasteiger partial charge in [-0.15, -0.1) is 0 Å². The smallest absolute Gasteiger partial charge is 0.202 e. The zero-order valence-corrected chi connectivity index (χ0v) is 11.3. The molecule has 0 bridgehead atoms. The van der Waals surface area contributed by atoms with Crippen molar-refractivity contribution in [2.24, 2.45) is 0 Å². The highest BCUT2D eigenvalue weighted by molar-refractivity contribution is 9.10. The Labute approximate surface area is 112 Å². The summed E-state index contributed by atoms with van der Waals surface area (Å²) >= 11 is 3.17. The normalized spacial score (nSPS) is 11.5. The Morgan fingerprint density at radius 3 is 2.56 bits per heavy atom. The van der Waals surface area contributed by atoms with Crippen LogP contribution in [0.15, 0.2) is 34.8 Å². The van der Waals surface area contributed by atoms with Crippen molar-refractivity contribution in [1.29, 1.82) is 5.26 Å². The van der Waals surface area contributed by atoms with Gasteiger partial charge in [0.25, 0.3) is 5.92 Å². The van der Waals surface area contributed by atoms with Gasteiger partial charge in [0.15, 0.2) is 0 Å². The van der Waals surface area contributed by atoms with Crippen molar-refractivity contribution in [2.45, 2.75) is 19.3 Å². The van der Waals surface area contributed by atoms with Crippen molar-refractivity contribution in [3.63, 3.8) is 0 Å². The van der Waals surface area contributed by atoms with Crippen LogP contribution in [-0.2, 0) is 12.3 Å². The summed E-state index contributed by atoms with van der Waals surface area (Å²) in [5.41, 5.74) is 0.793. The number of halogens is 3. The molecule has 0 saturated carbocycles. The van der Waals surface area contributed by atoms with Crippen LogP contribution < -0.4 is 0 Å². The number of fused-ring (bicyclic) bond motifs is 1. The average Bonchev–Trinajstić information content (AvgIpc) is 2.27. The molecule has 0 spiro atoms. The highest BCUT2D eigenvalue weighted by Gasteiger charge is 2.27. The van der Waals surface area contributed by atoms with E-state index in [1.165, 1.54) is 6.07 Å². The number of hydrogen-bond donors (Lipinski definition) is 0. The fourth-order valence-corrected chi connectivity index (χ4v) is 2.57. The maximum Gasteiger partial charge on any atom is 0.271 e. The zero-order chi connectivity index (χ0) is 13.3. The monoisotopic (exact) mass is 309 g/mol. The molecule has 0 unspecified atom stereocenters. The highest BCUT2D eigenvalue weighted by atomic mass is 79.9. The second-order valence-corrected chi connectivity index (χ2v) is 5.09. The summed E-state index contributed by atoms with van der Waals surface area (Å²) in [4.78, 5) is 0. The number of benzene rings is 2. The van der Waals surface area contributed by atoms with E-state index in [0.29, 0.717) is 4.47 Å². The SMILES string of the molecule is CC(F)(F)c1cc2cc(CC#N)ccc2cc1Br. The van der Waals surface area contributed by atoms with Crippen LogP contribution in [0.5, 0.6) is 0 Å². The van der Waals surface area contributed by atoms with Gasteiger partial charge in [-0.25, -0.2) is 8.78 Å². The maximum atomic E-state index is 13.4. The van der Waals surface area contributed by atoms with E-state index in [2.05, 4.69) is 15.9 Å². The molecule has 0 saturated heterocycles. The number of rotatable bonds is 2. The lowest BCUT2D eigenvalue weighted by atomic mass is 10.0. The molecule has 0 aromatic heterocycles. The van der Waals surface area contributed by atoms with Crippen molar-refractivity contribution in [2.75, 3.05) is 0 Å². The van der Waals surface area contributed by atoms with Crippen LogP contribution in [0.3, 0.4) is 0 Å². The van der Waals surface area contributed by atoms with Crippen molar-refractivity contribution < 1.29 is 8.78 Å². The van der Waals surface area contributed by atoms with Crippen molar-refractivity contribution >= 4 is 26.7 Å². The third-order valence-electron chi connectivity index (χ3n) is 2.75. The summed E-state index contributed by atoms with van der Waals surface area (Å²) in [6.45, 7) is 0.873. The molecule has 0 fully saturated rings. The molecule has 0 radical (unpaired) electrons. The molecule has 4 heteroatoms. The second kappa shape index (κ2) is 4.66. The first kappa shape index (κ1) is 13.0. The lowest BCUT2D eigenvalue weighted by Crippen LogP contribution is -2.07. The van der Waals surface area contributed by atoms with E-state index in [9.17, 15) is 8.78 Å². The summed E-state index contributed by atoms with van der Waals surface area (Å²) < 4.78 is 27.2. The summed E-state index contributed by atoms with van der Waals surface area (Å²) in [5.74, 6) is -2.89. The molecule has 0 amide bonds. The molecule has 2 aromatic rings. The Kier molecular flexibility index (Phi) is 3.36. The van der Waals surface area contributed by atoms with Crippen LogP contribution in [-0.4, -0.2) is 0 Å². The van der Waals surface area contributed by atoms with Gasteiger partial charge < -0.3 is 0 Å². The predicted octanol–water partition coefficient (Wildman–Crippen LogP) is 4.78. The molecule has 0 aliphatic carbocycles. The number of nitrogens with zero attached hydrogens (tertiary/aromatic N) is 1.